The summed E-state index contributed by atoms with van der Waals surface area (Å²) < 4.78 is 30.0. The molecule has 0 atom stereocenters. The number of rotatable bonds is 5. The predicted octanol–water partition coefficient (Wildman–Crippen LogP) is 3.43. The number of aromatic nitrogens is 3. The maximum absolute atomic E-state index is 13.5. The first kappa shape index (κ1) is 17.2. The Morgan fingerprint density at radius 2 is 1.70 bits per heavy atom. The van der Waals surface area contributed by atoms with Crippen LogP contribution in [0.2, 0.25) is 0 Å². The molecule has 0 aliphatic rings. The summed E-state index contributed by atoms with van der Waals surface area (Å²) in [7, 11) is -3.78. The maximum atomic E-state index is 13.5. The van der Waals surface area contributed by atoms with E-state index < -0.39 is 10.0 Å². The van der Waals surface area contributed by atoms with Gasteiger partial charge in [0.25, 0.3) is 10.0 Å². The van der Waals surface area contributed by atoms with Crippen molar-refractivity contribution in [3.05, 3.63) is 90.4 Å². The molecule has 0 saturated heterocycles. The van der Waals surface area contributed by atoms with Crippen LogP contribution in [0.4, 0.5) is 5.69 Å². The van der Waals surface area contributed by atoms with Crippen LogP contribution in [0.25, 0.3) is 5.65 Å². The third-order valence-electron chi connectivity index (χ3n) is 4.47. The minimum atomic E-state index is -3.78. The number of pyridine rings is 1. The van der Waals surface area contributed by atoms with E-state index in [1.807, 2.05) is 49.4 Å². The lowest BCUT2D eigenvalue weighted by Gasteiger charge is -2.25. The number of benzene rings is 2. The van der Waals surface area contributed by atoms with E-state index in [9.17, 15) is 8.42 Å². The second-order valence-corrected chi connectivity index (χ2v) is 8.10. The molecule has 2 aromatic carbocycles. The second kappa shape index (κ2) is 6.85. The van der Waals surface area contributed by atoms with Crippen LogP contribution in [0, 0.1) is 6.92 Å². The van der Waals surface area contributed by atoms with Crippen LogP contribution in [-0.4, -0.2) is 23.0 Å². The Morgan fingerprint density at radius 1 is 0.963 bits per heavy atom. The third-order valence-corrected chi connectivity index (χ3v) is 6.23. The molecule has 4 aromatic rings. The SMILES string of the molecule is Cc1ccccc1CN(c1ccccc1)S(=O)(=O)c1ccc2nncn2c1. The van der Waals surface area contributed by atoms with Crippen molar-refractivity contribution in [3.8, 4) is 0 Å². The molecule has 0 spiro atoms. The number of hydrogen-bond donors (Lipinski definition) is 0. The lowest BCUT2D eigenvalue weighted by molar-refractivity contribution is 0.589. The van der Waals surface area contributed by atoms with Gasteiger partial charge in [-0.05, 0) is 42.3 Å². The molecule has 0 saturated carbocycles. The molecule has 0 fully saturated rings. The van der Waals surface area contributed by atoms with Crippen LogP contribution >= 0.6 is 0 Å². The molecule has 27 heavy (non-hydrogen) atoms. The summed E-state index contributed by atoms with van der Waals surface area (Å²) in [5.74, 6) is 0. The van der Waals surface area contributed by atoms with E-state index in [1.165, 1.54) is 10.6 Å². The number of aryl methyl sites for hydroxylation is 1. The van der Waals surface area contributed by atoms with Crippen molar-refractivity contribution in [2.75, 3.05) is 4.31 Å². The molecule has 2 aromatic heterocycles. The highest BCUT2D eigenvalue weighted by molar-refractivity contribution is 7.92. The topological polar surface area (TPSA) is 67.6 Å². The fraction of sp³-hybridized carbons (Fsp3) is 0.100. The summed E-state index contributed by atoms with van der Waals surface area (Å²) in [5, 5.41) is 7.74. The van der Waals surface area contributed by atoms with Crippen molar-refractivity contribution in [2.45, 2.75) is 18.4 Å². The Labute approximate surface area is 157 Å². The largest absolute Gasteiger partial charge is 0.288 e. The molecule has 0 aliphatic carbocycles. The average molecular weight is 378 g/mol. The minimum absolute atomic E-state index is 0.187. The number of fused-ring (bicyclic) bond motifs is 1. The van der Waals surface area contributed by atoms with Crippen LogP contribution < -0.4 is 4.31 Å². The van der Waals surface area contributed by atoms with Gasteiger partial charge in [0.15, 0.2) is 5.65 Å². The summed E-state index contributed by atoms with van der Waals surface area (Å²) in [6, 6.07) is 20.1. The van der Waals surface area contributed by atoms with E-state index in [-0.39, 0.29) is 11.4 Å². The molecule has 6 nitrogen and oxygen atoms in total. The minimum Gasteiger partial charge on any atom is -0.288 e. The lowest BCUT2D eigenvalue weighted by atomic mass is 10.1. The standard InChI is InChI=1S/C20H18N4O2S/c1-16-7-5-6-8-17(16)13-24(18-9-3-2-4-10-18)27(25,26)19-11-12-20-22-21-15-23(20)14-19/h2-12,14-15H,13H2,1H3. The van der Waals surface area contributed by atoms with E-state index in [0.29, 0.717) is 11.3 Å². The van der Waals surface area contributed by atoms with Crippen LogP contribution in [-0.2, 0) is 16.6 Å². The summed E-state index contributed by atoms with van der Waals surface area (Å²) in [5.41, 5.74) is 3.21. The van der Waals surface area contributed by atoms with Crippen molar-refractivity contribution < 1.29 is 8.42 Å². The smallest absolute Gasteiger partial charge is 0.266 e. The zero-order chi connectivity index (χ0) is 18.9. The molecular weight excluding hydrogens is 360 g/mol. The number of sulfonamides is 1. The maximum Gasteiger partial charge on any atom is 0.266 e. The quantitative estimate of drug-likeness (QED) is 0.534. The van der Waals surface area contributed by atoms with Gasteiger partial charge in [-0.2, -0.15) is 0 Å². The zero-order valence-corrected chi connectivity index (χ0v) is 15.5. The van der Waals surface area contributed by atoms with Gasteiger partial charge in [0.05, 0.1) is 12.2 Å². The molecule has 4 rings (SSSR count). The molecule has 2 heterocycles. The fourth-order valence-electron chi connectivity index (χ4n) is 2.94. The molecule has 7 heteroatoms. The van der Waals surface area contributed by atoms with Crippen LogP contribution in [0.1, 0.15) is 11.1 Å². The summed E-state index contributed by atoms with van der Waals surface area (Å²) in [6.07, 6.45) is 3.03. The fourth-order valence-corrected chi connectivity index (χ4v) is 4.39. The van der Waals surface area contributed by atoms with Gasteiger partial charge < -0.3 is 0 Å². The van der Waals surface area contributed by atoms with E-state index in [2.05, 4.69) is 10.2 Å². The Balaban J connectivity index is 1.82. The van der Waals surface area contributed by atoms with Gasteiger partial charge in [-0.3, -0.25) is 8.71 Å². The highest BCUT2D eigenvalue weighted by Gasteiger charge is 2.26. The van der Waals surface area contributed by atoms with Gasteiger partial charge in [0.1, 0.15) is 11.2 Å². The first-order valence-corrected chi connectivity index (χ1v) is 9.91. The first-order chi connectivity index (χ1) is 13.1. The normalized spacial score (nSPS) is 11.6. The summed E-state index contributed by atoms with van der Waals surface area (Å²) in [6.45, 7) is 2.23. The van der Waals surface area contributed by atoms with E-state index in [1.54, 1.807) is 34.9 Å². The lowest BCUT2D eigenvalue weighted by Crippen LogP contribution is -2.31. The van der Waals surface area contributed by atoms with E-state index >= 15 is 0 Å². The third kappa shape index (κ3) is 3.29. The van der Waals surface area contributed by atoms with Crippen molar-refractivity contribution in [1.82, 2.24) is 14.6 Å². The monoisotopic (exact) mass is 378 g/mol. The van der Waals surface area contributed by atoms with Crippen molar-refractivity contribution in [3.63, 3.8) is 0 Å². The molecule has 136 valence electrons. The first-order valence-electron chi connectivity index (χ1n) is 8.47. The van der Waals surface area contributed by atoms with Gasteiger partial charge in [-0.1, -0.05) is 42.5 Å². The zero-order valence-electron chi connectivity index (χ0n) is 14.7. The van der Waals surface area contributed by atoms with Crippen molar-refractivity contribution in [1.29, 1.82) is 0 Å². The van der Waals surface area contributed by atoms with Crippen LogP contribution in [0.15, 0.2) is 84.1 Å². The van der Waals surface area contributed by atoms with Crippen LogP contribution in [0.3, 0.4) is 0 Å². The highest BCUT2D eigenvalue weighted by atomic mass is 32.2. The molecule has 0 unspecified atom stereocenters. The molecular formula is C20H18N4O2S. The molecule has 0 N–H and O–H groups in total. The van der Waals surface area contributed by atoms with Gasteiger partial charge in [0.2, 0.25) is 0 Å². The predicted molar refractivity (Wildman–Crippen MR) is 104 cm³/mol. The van der Waals surface area contributed by atoms with Gasteiger partial charge in [-0.25, -0.2) is 8.42 Å². The van der Waals surface area contributed by atoms with Crippen molar-refractivity contribution >= 4 is 21.4 Å². The average Bonchev–Trinajstić information content (AvgIpc) is 3.16. The number of anilines is 1. The van der Waals surface area contributed by atoms with Gasteiger partial charge in [0, 0.05) is 6.20 Å². The molecule has 0 bridgehead atoms. The Bertz CT molecular complexity index is 1190. The second-order valence-electron chi connectivity index (χ2n) is 6.23. The summed E-state index contributed by atoms with van der Waals surface area (Å²) >= 11 is 0. The molecule has 0 radical (unpaired) electrons. The van der Waals surface area contributed by atoms with Crippen molar-refractivity contribution in [2.24, 2.45) is 0 Å². The van der Waals surface area contributed by atoms with E-state index in [4.69, 9.17) is 0 Å². The van der Waals surface area contributed by atoms with Gasteiger partial charge >= 0.3 is 0 Å². The Kier molecular flexibility index (Phi) is 4.37. The number of hydrogen-bond acceptors (Lipinski definition) is 4. The molecule has 0 aliphatic heterocycles. The Morgan fingerprint density at radius 3 is 2.48 bits per heavy atom. The molecule has 0 amide bonds. The van der Waals surface area contributed by atoms with E-state index in [0.717, 1.165) is 11.1 Å². The highest BCUT2D eigenvalue weighted by Crippen LogP contribution is 2.26. The van der Waals surface area contributed by atoms with Crippen LogP contribution in [0.5, 0.6) is 0 Å². The summed E-state index contributed by atoms with van der Waals surface area (Å²) in [4.78, 5) is 0.187. The van der Waals surface area contributed by atoms with Gasteiger partial charge in [-0.15, -0.1) is 10.2 Å². The number of nitrogens with zero attached hydrogens (tertiary/aromatic N) is 4. The number of para-hydroxylation sites is 1. The Hall–Kier alpha value is -3.19.